The van der Waals surface area contributed by atoms with Gasteiger partial charge < -0.3 is 14.8 Å². The van der Waals surface area contributed by atoms with E-state index in [4.69, 9.17) is 0 Å². The summed E-state index contributed by atoms with van der Waals surface area (Å²) < 4.78 is 1.90. The van der Waals surface area contributed by atoms with E-state index in [1.54, 1.807) is 23.5 Å². The zero-order chi connectivity index (χ0) is 19.2. The van der Waals surface area contributed by atoms with Crippen LogP contribution in [0.4, 0.5) is 0 Å². The van der Waals surface area contributed by atoms with Gasteiger partial charge in [0, 0.05) is 58.0 Å². The standard InChI is InChI=1S/C19H26N6O2/c1-3-24(14-17-21-7-9-23(17)2)18(26)11-16-19(27)22-8-10-25(16)13-15-5-4-6-20-12-15/h4-7,9,12,16H,3,8,10-11,13-14H2,1-2H3,(H,22,27)/t16-/m0/s1. The number of rotatable bonds is 7. The van der Waals surface area contributed by atoms with Crippen molar-refractivity contribution in [3.63, 3.8) is 0 Å². The number of aromatic nitrogens is 3. The molecule has 144 valence electrons. The second-order valence-corrected chi connectivity index (χ2v) is 6.70. The van der Waals surface area contributed by atoms with Gasteiger partial charge in [0.25, 0.3) is 0 Å². The minimum Gasteiger partial charge on any atom is -0.353 e. The SMILES string of the molecule is CCN(Cc1nccn1C)C(=O)C[C@H]1C(=O)NCCN1Cc1cccnc1. The fourth-order valence-electron chi connectivity index (χ4n) is 3.29. The van der Waals surface area contributed by atoms with Crippen LogP contribution in [0.25, 0.3) is 0 Å². The van der Waals surface area contributed by atoms with Gasteiger partial charge in [0.2, 0.25) is 11.8 Å². The maximum atomic E-state index is 12.9. The number of aryl methyl sites for hydroxylation is 1. The second-order valence-electron chi connectivity index (χ2n) is 6.70. The minimum absolute atomic E-state index is 0.0428. The highest BCUT2D eigenvalue weighted by molar-refractivity contribution is 5.88. The van der Waals surface area contributed by atoms with Crippen LogP contribution in [-0.4, -0.2) is 61.8 Å². The van der Waals surface area contributed by atoms with Gasteiger partial charge in [-0.05, 0) is 18.6 Å². The smallest absolute Gasteiger partial charge is 0.237 e. The molecule has 0 spiro atoms. The molecule has 1 N–H and O–H groups in total. The summed E-state index contributed by atoms with van der Waals surface area (Å²) in [4.78, 5) is 37.6. The van der Waals surface area contributed by atoms with Crippen molar-refractivity contribution in [3.05, 3.63) is 48.3 Å². The summed E-state index contributed by atoms with van der Waals surface area (Å²) in [5.74, 6) is 0.691. The number of piperazine rings is 1. The third-order valence-electron chi connectivity index (χ3n) is 4.91. The van der Waals surface area contributed by atoms with E-state index in [9.17, 15) is 9.59 Å². The lowest BCUT2D eigenvalue weighted by Gasteiger charge is -2.35. The highest BCUT2D eigenvalue weighted by atomic mass is 16.2. The number of carbonyl (C=O) groups excluding carboxylic acids is 2. The lowest BCUT2D eigenvalue weighted by molar-refractivity contribution is -0.139. The van der Waals surface area contributed by atoms with Gasteiger partial charge in [-0.25, -0.2) is 4.98 Å². The second kappa shape index (κ2) is 8.77. The van der Waals surface area contributed by atoms with Crippen molar-refractivity contribution in [1.29, 1.82) is 0 Å². The molecule has 0 aromatic carbocycles. The molecule has 1 aliphatic heterocycles. The largest absolute Gasteiger partial charge is 0.353 e. The molecular weight excluding hydrogens is 344 g/mol. The Hall–Kier alpha value is -2.74. The van der Waals surface area contributed by atoms with Crippen molar-refractivity contribution in [3.8, 4) is 0 Å². The Morgan fingerprint density at radius 3 is 2.93 bits per heavy atom. The highest BCUT2D eigenvalue weighted by Gasteiger charge is 2.33. The Morgan fingerprint density at radius 1 is 1.41 bits per heavy atom. The molecule has 1 saturated heterocycles. The zero-order valence-corrected chi connectivity index (χ0v) is 15.8. The molecule has 0 aliphatic carbocycles. The Morgan fingerprint density at radius 2 is 2.26 bits per heavy atom. The van der Waals surface area contributed by atoms with Crippen LogP contribution in [0.15, 0.2) is 36.9 Å². The van der Waals surface area contributed by atoms with Gasteiger partial charge in [-0.15, -0.1) is 0 Å². The van der Waals surface area contributed by atoms with E-state index >= 15 is 0 Å². The molecule has 2 aromatic heterocycles. The number of imidazole rings is 1. The van der Waals surface area contributed by atoms with Crippen molar-refractivity contribution in [2.45, 2.75) is 32.5 Å². The quantitative estimate of drug-likeness (QED) is 0.770. The molecule has 8 nitrogen and oxygen atoms in total. The fraction of sp³-hybridized carbons (Fsp3) is 0.474. The number of carbonyl (C=O) groups is 2. The van der Waals surface area contributed by atoms with Gasteiger partial charge >= 0.3 is 0 Å². The van der Waals surface area contributed by atoms with Gasteiger partial charge in [0.05, 0.1) is 19.0 Å². The minimum atomic E-state index is -0.470. The number of pyridine rings is 1. The average molecular weight is 370 g/mol. The molecule has 0 unspecified atom stereocenters. The summed E-state index contributed by atoms with van der Waals surface area (Å²) in [6.07, 6.45) is 7.26. The summed E-state index contributed by atoms with van der Waals surface area (Å²) in [6.45, 7) is 4.86. The Balaban J connectivity index is 1.68. The molecule has 2 amide bonds. The van der Waals surface area contributed by atoms with Crippen LogP contribution >= 0.6 is 0 Å². The summed E-state index contributed by atoms with van der Waals surface area (Å²) in [6, 6.07) is 3.39. The molecule has 0 saturated carbocycles. The summed E-state index contributed by atoms with van der Waals surface area (Å²) >= 11 is 0. The van der Waals surface area contributed by atoms with Gasteiger partial charge in [0.15, 0.2) is 0 Å². The number of hydrogen-bond donors (Lipinski definition) is 1. The van der Waals surface area contributed by atoms with Crippen LogP contribution in [0, 0.1) is 0 Å². The monoisotopic (exact) mass is 370 g/mol. The predicted octanol–water partition coefficient (Wildman–Crippen LogP) is 0.554. The van der Waals surface area contributed by atoms with Crippen LogP contribution in [0.2, 0.25) is 0 Å². The molecule has 0 radical (unpaired) electrons. The third-order valence-corrected chi connectivity index (χ3v) is 4.91. The first-order valence-corrected chi connectivity index (χ1v) is 9.23. The van der Waals surface area contributed by atoms with Crippen LogP contribution in [-0.2, 0) is 29.7 Å². The first-order valence-electron chi connectivity index (χ1n) is 9.23. The molecular formula is C19H26N6O2. The number of nitrogens with zero attached hydrogens (tertiary/aromatic N) is 5. The molecule has 2 aromatic rings. The summed E-state index contributed by atoms with van der Waals surface area (Å²) in [5.41, 5.74) is 1.03. The number of hydrogen-bond acceptors (Lipinski definition) is 5. The van der Waals surface area contributed by atoms with Crippen molar-refractivity contribution in [1.82, 2.24) is 29.7 Å². The molecule has 1 fully saturated rings. The number of nitrogens with one attached hydrogen (secondary N) is 1. The molecule has 8 heteroatoms. The topological polar surface area (TPSA) is 83.4 Å². The van der Waals surface area contributed by atoms with Crippen LogP contribution in [0.5, 0.6) is 0 Å². The van der Waals surface area contributed by atoms with Crippen molar-refractivity contribution in [2.24, 2.45) is 7.05 Å². The molecule has 27 heavy (non-hydrogen) atoms. The first-order chi connectivity index (χ1) is 13.1. The molecule has 3 rings (SSSR count). The lowest BCUT2D eigenvalue weighted by Crippen LogP contribution is -2.56. The molecule has 1 atom stereocenters. The molecule has 3 heterocycles. The average Bonchev–Trinajstić information content (AvgIpc) is 3.08. The summed E-state index contributed by atoms with van der Waals surface area (Å²) in [7, 11) is 1.91. The normalized spacial score (nSPS) is 17.6. The Labute approximate surface area is 159 Å². The van der Waals surface area contributed by atoms with Gasteiger partial charge in [-0.1, -0.05) is 6.07 Å². The fourth-order valence-corrected chi connectivity index (χ4v) is 3.29. The van der Waals surface area contributed by atoms with Gasteiger partial charge in [0.1, 0.15) is 5.82 Å². The zero-order valence-electron chi connectivity index (χ0n) is 15.8. The van der Waals surface area contributed by atoms with Crippen molar-refractivity contribution in [2.75, 3.05) is 19.6 Å². The van der Waals surface area contributed by atoms with Crippen molar-refractivity contribution < 1.29 is 9.59 Å². The molecule has 0 bridgehead atoms. The van der Waals surface area contributed by atoms with Crippen LogP contribution in [0.3, 0.4) is 0 Å². The predicted molar refractivity (Wildman–Crippen MR) is 100 cm³/mol. The number of amides is 2. The first kappa shape index (κ1) is 19.0. The Bertz CT molecular complexity index is 776. The maximum Gasteiger partial charge on any atom is 0.237 e. The van der Waals surface area contributed by atoms with E-state index in [1.165, 1.54) is 0 Å². The lowest BCUT2D eigenvalue weighted by atomic mass is 10.1. The van der Waals surface area contributed by atoms with E-state index in [0.29, 0.717) is 32.7 Å². The van der Waals surface area contributed by atoms with Crippen LogP contribution < -0.4 is 5.32 Å². The van der Waals surface area contributed by atoms with E-state index in [0.717, 1.165) is 11.4 Å². The molecule has 1 aliphatic rings. The van der Waals surface area contributed by atoms with E-state index in [1.807, 2.05) is 36.9 Å². The Kier molecular flexibility index (Phi) is 6.18. The summed E-state index contributed by atoms with van der Waals surface area (Å²) in [5, 5.41) is 2.88. The maximum absolute atomic E-state index is 12.9. The van der Waals surface area contributed by atoms with Crippen LogP contribution in [0.1, 0.15) is 24.7 Å². The third kappa shape index (κ3) is 4.71. The highest BCUT2D eigenvalue weighted by Crippen LogP contribution is 2.15. The van der Waals surface area contributed by atoms with E-state index < -0.39 is 6.04 Å². The van der Waals surface area contributed by atoms with E-state index in [-0.39, 0.29) is 18.2 Å². The van der Waals surface area contributed by atoms with Gasteiger partial charge in [-0.2, -0.15) is 0 Å². The van der Waals surface area contributed by atoms with E-state index in [2.05, 4.69) is 20.2 Å². The van der Waals surface area contributed by atoms with Crippen molar-refractivity contribution >= 4 is 11.8 Å². The van der Waals surface area contributed by atoms with Gasteiger partial charge in [-0.3, -0.25) is 19.5 Å².